The number of phenols is 1. The largest absolute Gasteiger partial charge is 0.508 e. The van der Waals surface area contributed by atoms with E-state index in [1.54, 1.807) is 12.1 Å². The van der Waals surface area contributed by atoms with Crippen molar-refractivity contribution >= 4 is 23.7 Å². The molecule has 37 heavy (non-hydrogen) atoms. The fourth-order valence-corrected chi connectivity index (χ4v) is 3.60. The van der Waals surface area contributed by atoms with E-state index in [1.165, 1.54) is 12.1 Å². The SMILES string of the molecule is NCCCCC(NC(=O)C(N)Cc1ccccc1)C(=O)NCC(=O)NC(Cc1ccc(O)cc1)C(=O)O. The molecule has 9 N–H and O–H groups in total. The Morgan fingerprint density at radius 1 is 0.811 bits per heavy atom. The molecule has 0 heterocycles. The number of aliphatic carboxylic acids is 1. The number of carbonyl (C=O) groups excluding carboxylic acids is 3. The maximum Gasteiger partial charge on any atom is 0.326 e. The van der Waals surface area contributed by atoms with Gasteiger partial charge in [0.1, 0.15) is 17.8 Å². The fourth-order valence-electron chi connectivity index (χ4n) is 3.60. The average molecular weight is 514 g/mol. The number of hydrogen-bond acceptors (Lipinski definition) is 7. The van der Waals surface area contributed by atoms with Crippen molar-refractivity contribution in [3.8, 4) is 5.75 Å². The predicted molar refractivity (Wildman–Crippen MR) is 137 cm³/mol. The third kappa shape index (κ3) is 10.7. The Labute approximate surface area is 215 Å². The Hall–Kier alpha value is -3.96. The van der Waals surface area contributed by atoms with Crippen LogP contribution in [0.1, 0.15) is 30.4 Å². The molecular weight excluding hydrogens is 478 g/mol. The van der Waals surface area contributed by atoms with Crippen molar-refractivity contribution in [2.75, 3.05) is 13.1 Å². The highest BCUT2D eigenvalue weighted by atomic mass is 16.4. The van der Waals surface area contributed by atoms with Gasteiger partial charge in [-0.2, -0.15) is 0 Å². The summed E-state index contributed by atoms with van der Waals surface area (Å²) < 4.78 is 0. The highest BCUT2D eigenvalue weighted by molar-refractivity contribution is 5.92. The number of carboxylic acids is 1. The van der Waals surface area contributed by atoms with Gasteiger partial charge in [0.05, 0.1) is 12.6 Å². The number of carbonyl (C=O) groups is 4. The monoisotopic (exact) mass is 513 g/mol. The quantitative estimate of drug-likeness (QED) is 0.159. The van der Waals surface area contributed by atoms with Crippen LogP contribution in [0.5, 0.6) is 5.75 Å². The molecule has 0 bridgehead atoms. The molecule has 11 heteroatoms. The van der Waals surface area contributed by atoms with Crippen molar-refractivity contribution < 1.29 is 29.4 Å². The minimum Gasteiger partial charge on any atom is -0.508 e. The van der Waals surface area contributed by atoms with Crippen molar-refractivity contribution in [2.45, 2.75) is 50.2 Å². The van der Waals surface area contributed by atoms with Crippen LogP contribution >= 0.6 is 0 Å². The predicted octanol–water partition coefficient (Wildman–Crippen LogP) is -0.196. The summed E-state index contributed by atoms with van der Waals surface area (Å²) in [6.07, 6.45) is 1.81. The van der Waals surface area contributed by atoms with Crippen LogP contribution < -0.4 is 27.4 Å². The lowest BCUT2D eigenvalue weighted by Crippen LogP contribution is -2.54. The van der Waals surface area contributed by atoms with Crippen LogP contribution in [0.25, 0.3) is 0 Å². The fraction of sp³-hybridized carbons (Fsp3) is 0.385. The Morgan fingerprint density at radius 3 is 2.08 bits per heavy atom. The first kappa shape index (κ1) is 29.3. The van der Waals surface area contributed by atoms with Gasteiger partial charge < -0.3 is 37.6 Å². The highest BCUT2D eigenvalue weighted by Gasteiger charge is 2.25. The smallest absolute Gasteiger partial charge is 0.326 e. The summed E-state index contributed by atoms with van der Waals surface area (Å²) in [7, 11) is 0. The molecular formula is C26H35N5O6. The number of benzene rings is 2. The summed E-state index contributed by atoms with van der Waals surface area (Å²) in [5, 5.41) is 26.3. The van der Waals surface area contributed by atoms with Crippen LogP contribution in [0.15, 0.2) is 54.6 Å². The van der Waals surface area contributed by atoms with E-state index in [0.717, 1.165) is 5.56 Å². The molecule has 0 fully saturated rings. The lowest BCUT2D eigenvalue weighted by Gasteiger charge is -2.21. The number of carboxylic acid groups (broad SMARTS) is 1. The Balaban J connectivity index is 1.92. The molecule has 0 saturated carbocycles. The van der Waals surface area contributed by atoms with E-state index in [1.807, 2.05) is 30.3 Å². The number of amides is 3. The van der Waals surface area contributed by atoms with Gasteiger partial charge in [-0.1, -0.05) is 42.5 Å². The minimum atomic E-state index is -1.24. The summed E-state index contributed by atoms with van der Waals surface area (Å²) in [5.74, 6) is -2.99. The number of nitrogens with one attached hydrogen (secondary N) is 3. The molecule has 3 unspecified atom stereocenters. The van der Waals surface area contributed by atoms with Gasteiger partial charge in [-0.25, -0.2) is 4.79 Å². The molecule has 2 aromatic carbocycles. The molecule has 2 aromatic rings. The van der Waals surface area contributed by atoms with E-state index in [9.17, 15) is 29.4 Å². The van der Waals surface area contributed by atoms with Gasteiger partial charge in [0.25, 0.3) is 0 Å². The summed E-state index contributed by atoms with van der Waals surface area (Å²) in [6, 6.07) is 12.1. The van der Waals surface area contributed by atoms with Crippen molar-refractivity contribution in [2.24, 2.45) is 11.5 Å². The first-order valence-corrected chi connectivity index (χ1v) is 12.1. The molecule has 3 amide bonds. The molecule has 0 aliphatic carbocycles. The van der Waals surface area contributed by atoms with Gasteiger partial charge >= 0.3 is 5.97 Å². The van der Waals surface area contributed by atoms with Crippen LogP contribution in [0.4, 0.5) is 0 Å². The van der Waals surface area contributed by atoms with Gasteiger partial charge in [0.2, 0.25) is 17.7 Å². The van der Waals surface area contributed by atoms with Gasteiger partial charge in [0, 0.05) is 6.42 Å². The van der Waals surface area contributed by atoms with Crippen LogP contribution in [0.3, 0.4) is 0 Å². The summed E-state index contributed by atoms with van der Waals surface area (Å²) >= 11 is 0. The second-order valence-electron chi connectivity index (χ2n) is 8.69. The van der Waals surface area contributed by atoms with E-state index in [-0.39, 0.29) is 12.2 Å². The number of rotatable bonds is 15. The van der Waals surface area contributed by atoms with Crippen LogP contribution in [0.2, 0.25) is 0 Å². The van der Waals surface area contributed by atoms with Crippen molar-refractivity contribution in [3.63, 3.8) is 0 Å². The summed E-state index contributed by atoms with van der Waals surface area (Å²) in [5.41, 5.74) is 13.1. The average Bonchev–Trinajstić information content (AvgIpc) is 2.88. The van der Waals surface area contributed by atoms with Crippen LogP contribution in [-0.4, -0.2) is 65.1 Å². The summed E-state index contributed by atoms with van der Waals surface area (Å²) in [4.78, 5) is 49.4. The normalized spacial score (nSPS) is 13.1. The zero-order chi connectivity index (χ0) is 27.2. The van der Waals surface area contributed by atoms with Gasteiger partial charge in [0.15, 0.2) is 0 Å². The number of aromatic hydroxyl groups is 1. The van der Waals surface area contributed by atoms with E-state index >= 15 is 0 Å². The van der Waals surface area contributed by atoms with E-state index in [4.69, 9.17) is 11.5 Å². The maximum absolute atomic E-state index is 12.8. The van der Waals surface area contributed by atoms with Gasteiger partial charge in [-0.15, -0.1) is 0 Å². The molecule has 0 aromatic heterocycles. The van der Waals surface area contributed by atoms with Gasteiger partial charge in [-0.05, 0) is 55.5 Å². The molecule has 3 atom stereocenters. The second-order valence-corrected chi connectivity index (χ2v) is 8.69. The van der Waals surface area contributed by atoms with E-state index in [0.29, 0.717) is 37.8 Å². The standard InChI is InChI=1S/C26H35N5O6/c27-13-5-4-8-21(31-24(34)20(28)14-17-6-2-1-3-7-17)25(35)29-16-23(33)30-22(26(36)37)15-18-9-11-19(32)12-10-18/h1-3,6-7,9-12,20-22,32H,4-5,8,13-16,27-28H2,(H,29,35)(H,30,33)(H,31,34)(H,36,37). The number of hydrogen-bond donors (Lipinski definition) is 7. The van der Waals surface area contributed by atoms with Crippen molar-refractivity contribution in [1.82, 2.24) is 16.0 Å². The Morgan fingerprint density at radius 2 is 1.46 bits per heavy atom. The molecule has 0 saturated heterocycles. The van der Waals surface area contributed by atoms with Crippen molar-refractivity contribution in [1.29, 1.82) is 0 Å². The number of phenolic OH excluding ortho intramolecular Hbond substituents is 1. The Kier molecular flexibility index (Phi) is 12.0. The number of nitrogens with two attached hydrogens (primary N) is 2. The third-order valence-corrected chi connectivity index (χ3v) is 5.65. The molecule has 0 radical (unpaired) electrons. The molecule has 0 aliphatic heterocycles. The zero-order valence-corrected chi connectivity index (χ0v) is 20.6. The van der Waals surface area contributed by atoms with E-state index < -0.39 is 48.4 Å². The molecule has 0 spiro atoms. The molecule has 0 aliphatic rings. The molecule has 11 nitrogen and oxygen atoms in total. The maximum atomic E-state index is 12.8. The first-order valence-electron chi connectivity index (χ1n) is 12.1. The third-order valence-electron chi connectivity index (χ3n) is 5.65. The highest BCUT2D eigenvalue weighted by Crippen LogP contribution is 2.11. The lowest BCUT2D eigenvalue weighted by molar-refractivity contribution is -0.141. The summed E-state index contributed by atoms with van der Waals surface area (Å²) in [6.45, 7) is -0.0483. The van der Waals surface area contributed by atoms with Crippen LogP contribution in [-0.2, 0) is 32.0 Å². The molecule has 200 valence electrons. The lowest BCUT2D eigenvalue weighted by atomic mass is 10.0. The zero-order valence-electron chi connectivity index (χ0n) is 20.6. The first-order chi connectivity index (χ1) is 17.7. The number of unbranched alkanes of at least 4 members (excludes halogenated alkanes) is 1. The van der Waals surface area contributed by atoms with Crippen LogP contribution in [0, 0.1) is 0 Å². The molecule has 2 rings (SSSR count). The second kappa shape index (κ2) is 15.2. The van der Waals surface area contributed by atoms with E-state index in [2.05, 4.69) is 16.0 Å². The minimum absolute atomic E-state index is 0.00757. The van der Waals surface area contributed by atoms with Crippen molar-refractivity contribution in [3.05, 3.63) is 65.7 Å². The topological polar surface area (TPSA) is 197 Å². The Bertz CT molecular complexity index is 1030. The van der Waals surface area contributed by atoms with Gasteiger partial charge in [-0.3, -0.25) is 14.4 Å².